The van der Waals surface area contributed by atoms with Crippen LogP contribution < -0.4 is 21.5 Å². The van der Waals surface area contributed by atoms with Gasteiger partial charge in [-0.15, -0.1) is 0 Å². The van der Waals surface area contributed by atoms with Crippen molar-refractivity contribution in [3.8, 4) is 0 Å². The SMILES string of the molecule is O=C(CCNC(=O)c1ccccc1)NNC(=S)NC[C@@H]1CCCO1. The average Bonchev–Trinajstić information content (AvgIpc) is 3.12. The fourth-order valence-corrected chi connectivity index (χ4v) is 2.36. The van der Waals surface area contributed by atoms with Gasteiger partial charge in [-0.3, -0.25) is 20.4 Å². The molecule has 4 N–H and O–H groups in total. The molecule has 1 aliphatic rings. The molecule has 130 valence electrons. The molecule has 24 heavy (non-hydrogen) atoms. The number of ether oxygens (including phenoxy) is 1. The van der Waals surface area contributed by atoms with Crippen LogP contribution >= 0.6 is 12.2 Å². The number of hydrogen-bond donors (Lipinski definition) is 4. The minimum absolute atomic E-state index is 0.153. The van der Waals surface area contributed by atoms with Crippen molar-refractivity contribution in [1.82, 2.24) is 21.5 Å². The maximum atomic E-state index is 11.8. The second kappa shape index (κ2) is 9.84. The third kappa shape index (κ3) is 6.51. The minimum atomic E-state index is -0.260. The highest BCUT2D eigenvalue weighted by molar-refractivity contribution is 7.80. The van der Waals surface area contributed by atoms with E-state index >= 15 is 0 Å². The molecule has 0 aliphatic carbocycles. The standard InChI is InChI=1S/C16H22N4O3S/c21-14(8-9-17-15(22)12-5-2-1-3-6-12)19-20-16(24)18-11-13-7-4-10-23-13/h1-3,5-6,13H,4,7-11H2,(H,17,22)(H,19,21)(H2,18,20,24)/t13-/m0/s1. The molecule has 2 amide bonds. The van der Waals surface area contributed by atoms with Gasteiger partial charge in [-0.25, -0.2) is 0 Å². The van der Waals surface area contributed by atoms with Gasteiger partial charge in [0.25, 0.3) is 5.91 Å². The lowest BCUT2D eigenvalue weighted by molar-refractivity contribution is -0.121. The second-order valence-electron chi connectivity index (χ2n) is 5.39. The van der Waals surface area contributed by atoms with Gasteiger partial charge in [0.1, 0.15) is 0 Å². The summed E-state index contributed by atoms with van der Waals surface area (Å²) in [5.74, 6) is -0.463. The Morgan fingerprint density at radius 3 is 2.67 bits per heavy atom. The predicted octanol–water partition coefficient (Wildman–Crippen LogP) is 0.481. The summed E-state index contributed by atoms with van der Waals surface area (Å²) in [6.45, 7) is 1.66. The van der Waals surface area contributed by atoms with Gasteiger partial charge in [0, 0.05) is 31.7 Å². The van der Waals surface area contributed by atoms with Crippen LogP contribution in [0.15, 0.2) is 30.3 Å². The van der Waals surface area contributed by atoms with Gasteiger partial charge < -0.3 is 15.4 Å². The number of amides is 2. The molecule has 0 aromatic heterocycles. The van der Waals surface area contributed by atoms with Gasteiger partial charge in [0.15, 0.2) is 5.11 Å². The molecule has 1 atom stereocenters. The van der Waals surface area contributed by atoms with Gasteiger partial charge in [-0.2, -0.15) is 0 Å². The zero-order chi connectivity index (χ0) is 17.2. The van der Waals surface area contributed by atoms with Crippen molar-refractivity contribution in [2.24, 2.45) is 0 Å². The summed E-state index contributed by atoms with van der Waals surface area (Å²) in [7, 11) is 0. The summed E-state index contributed by atoms with van der Waals surface area (Å²) in [5, 5.41) is 6.01. The van der Waals surface area contributed by atoms with Gasteiger partial charge in [-0.1, -0.05) is 18.2 Å². The maximum Gasteiger partial charge on any atom is 0.251 e. The molecular formula is C16H22N4O3S. The molecule has 1 aromatic rings. The van der Waals surface area contributed by atoms with Crippen molar-refractivity contribution in [2.75, 3.05) is 19.7 Å². The lowest BCUT2D eigenvalue weighted by Crippen LogP contribution is -2.48. The Labute approximate surface area is 146 Å². The van der Waals surface area contributed by atoms with E-state index < -0.39 is 0 Å². The number of nitrogens with one attached hydrogen (secondary N) is 4. The number of hydrazine groups is 1. The third-order valence-corrected chi connectivity index (χ3v) is 3.75. The van der Waals surface area contributed by atoms with E-state index in [4.69, 9.17) is 17.0 Å². The van der Waals surface area contributed by atoms with Gasteiger partial charge in [0.05, 0.1) is 6.10 Å². The molecule has 0 bridgehead atoms. The molecule has 0 unspecified atom stereocenters. The summed E-state index contributed by atoms with van der Waals surface area (Å²) in [6, 6.07) is 8.85. The Kier molecular flexibility index (Phi) is 7.44. The van der Waals surface area contributed by atoms with Crippen molar-refractivity contribution in [3.05, 3.63) is 35.9 Å². The first-order valence-electron chi connectivity index (χ1n) is 7.92. The Morgan fingerprint density at radius 1 is 1.17 bits per heavy atom. The molecular weight excluding hydrogens is 328 g/mol. The van der Waals surface area contributed by atoms with E-state index in [0.29, 0.717) is 17.2 Å². The van der Waals surface area contributed by atoms with Crippen LogP contribution in [-0.4, -0.2) is 42.7 Å². The number of thiocarbonyl (C=S) groups is 1. The summed E-state index contributed by atoms with van der Waals surface area (Å²) >= 11 is 5.06. The van der Waals surface area contributed by atoms with E-state index in [2.05, 4.69) is 21.5 Å². The monoisotopic (exact) mass is 350 g/mol. The molecule has 1 fully saturated rings. The summed E-state index contributed by atoms with van der Waals surface area (Å²) in [4.78, 5) is 23.5. The number of benzene rings is 1. The second-order valence-corrected chi connectivity index (χ2v) is 5.80. The zero-order valence-corrected chi connectivity index (χ0v) is 14.2. The first-order valence-corrected chi connectivity index (χ1v) is 8.33. The van der Waals surface area contributed by atoms with Gasteiger partial charge in [0.2, 0.25) is 5.91 Å². The highest BCUT2D eigenvalue weighted by Crippen LogP contribution is 2.10. The third-order valence-electron chi connectivity index (χ3n) is 3.50. The van der Waals surface area contributed by atoms with Gasteiger partial charge >= 0.3 is 0 Å². The molecule has 8 heteroatoms. The quantitative estimate of drug-likeness (QED) is 0.441. The first kappa shape index (κ1) is 18.2. The number of hydrogen-bond acceptors (Lipinski definition) is 4. The smallest absolute Gasteiger partial charge is 0.251 e. The molecule has 1 heterocycles. The van der Waals surface area contributed by atoms with Crippen molar-refractivity contribution < 1.29 is 14.3 Å². The topological polar surface area (TPSA) is 91.5 Å². The largest absolute Gasteiger partial charge is 0.376 e. The molecule has 0 radical (unpaired) electrons. The highest BCUT2D eigenvalue weighted by Gasteiger charge is 2.15. The summed E-state index contributed by atoms with van der Waals surface area (Å²) < 4.78 is 5.46. The molecule has 0 spiro atoms. The van der Waals surface area contributed by atoms with Crippen LogP contribution in [0.5, 0.6) is 0 Å². The highest BCUT2D eigenvalue weighted by atomic mass is 32.1. The Bertz CT molecular complexity index is 562. The first-order chi connectivity index (χ1) is 11.6. The molecule has 2 rings (SSSR count). The fourth-order valence-electron chi connectivity index (χ4n) is 2.23. The summed E-state index contributed by atoms with van der Waals surface area (Å²) in [5.41, 5.74) is 5.68. The molecule has 7 nitrogen and oxygen atoms in total. The van der Waals surface area contributed by atoms with E-state index in [1.807, 2.05) is 6.07 Å². The lowest BCUT2D eigenvalue weighted by atomic mass is 10.2. The van der Waals surface area contributed by atoms with Crippen LogP contribution in [0, 0.1) is 0 Å². The Morgan fingerprint density at radius 2 is 1.96 bits per heavy atom. The predicted molar refractivity (Wildman–Crippen MR) is 94.2 cm³/mol. The lowest BCUT2D eigenvalue weighted by Gasteiger charge is -2.14. The van der Waals surface area contributed by atoms with E-state index in [1.54, 1.807) is 24.3 Å². The van der Waals surface area contributed by atoms with Crippen LogP contribution in [-0.2, 0) is 9.53 Å². The fraction of sp³-hybridized carbons (Fsp3) is 0.438. The Hall–Kier alpha value is -2.19. The normalized spacial score (nSPS) is 16.2. The average molecular weight is 350 g/mol. The van der Waals surface area contributed by atoms with E-state index in [-0.39, 0.29) is 30.9 Å². The van der Waals surface area contributed by atoms with Crippen molar-refractivity contribution >= 4 is 29.1 Å². The van der Waals surface area contributed by atoms with Crippen LogP contribution in [0.4, 0.5) is 0 Å². The number of rotatable bonds is 6. The summed E-state index contributed by atoms with van der Waals surface area (Å²) in [6.07, 6.45) is 2.41. The van der Waals surface area contributed by atoms with Crippen molar-refractivity contribution in [2.45, 2.75) is 25.4 Å². The van der Waals surface area contributed by atoms with Crippen LogP contribution in [0.1, 0.15) is 29.6 Å². The number of carbonyl (C=O) groups is 2. The van der Waals surface area contributed by atoms with Crippen LogP contribution in [0.25, 0.3) is 0 Å². The maximum absolute atomic E-state index is 11.8. The minimum Gasteiger partial charge on any atom is -0.376 e. The Balaban J connectivity index is 1.54. The van der Waals surface area contributed by atoms with Crippen LogP contribution in [0.2, 0.25) is 0 Å². The van der Waals surface area contributed by atoms with E-state index in [1.165, 1.54) is 0 Å². The number of carbonyl (C=O) groups excluding carboxylic acids is 2. The molecule has 1 aliphatic heterocycles. The van der Waals surface area contributed by atoms with Crippen LogP contribution in [0.3, 0.4) is 0 Å². The molecule has 1 aromatic carbocycles. The van der Waals surface area contributed by atoms with E-state index in [0.717, 1.165) is 19.4 Å². The zero-order valence-electron chi connectivity index (χ0n) is 13.3. The van der Waals surface area contributed by atoms with E-state index in [9.17, 15) is 9.59 Å². The van der Waals surface area contributed by atoms with Gasteiger partial charge in [-0.05, 0) is 37.2 Å². The molecule has 0 saturated carbocycles. The van der Waals surface area contributed by atoms with Crippen molar-refractivity contribution in [3.63, 3.8) is 0 Å². The molecule has 1 saturated heterocycles. The van der Waals surface area contributed by atoms with Crippen molar-refractivity contribution in [1.29, 1.82) is 0 Å².